The second-order valence-electron chi connectivity index (χ2n) is 7.51. The van der Waals surface area contributed by atoms with Gasteiger partial charge in [0.1, 0.15) is 12.4 Å². The molecule has 1 aliphatic heterocycles. The summed E-state index contributed by atoms with van der Waals surface area (Å²) >= 11 is 0. The van der Waals surface area contributed by atoms with Gasteiger partial charge in [-0.1, -0.05) is 24.1 Å². The smallest absolute Gasteiger partial charge is 0.161 e. The van der Waals surface area contributed by atoms with E-state index in [2.05, 4.69) is 21.4 Å². The van der Waals surface area contributed by atoms with E-state index < -0.39 is 0 Å². The van der Waals surface area contributed by atoms with Crippen molar-refractivity contribution in [1.82, 2.24) is 15.4 Å². The number of aryl methyl sites for hydroxylation is 2. The number of methoxy groups -OCH3 is 1. The SMILES string of the molecule is COc1cc(CNCCN2CCCCCC2)ccc1OCc1c(C)noc1C. The summed E-state index contributed by atoms with van der Waals surface area (Å²) in [6.45, 7) is 9.68. The van der Waals surface area contributed by atoms with Gasteiger partial charge in [0.05, 0.1) is 18.4 Å². The van der Waals surface area contributed by atoms with Crippen LogP contribution in [-0.4, -0.2) is 43.3 Å². The van der Waals surface area contributed by atoms with E-state index in [-0.39, 0.29) is 0 Å². The number of rotatable bonds is 9. The van der Waals surface area contributed by atoms with Gasteiger partial charge in [-0.15, -0.1) is 0 Å². The highest BCUT2D eigenvalue weighted by Crippen LogP contribution is 2.29. The Labute approximate surface area is 168 Å². The van der Waals surface area contributed by atoms with Crippen LogP contribution in [0.2, 0.25) is 0 Å². The van der Waals surface area contributed by atoms with Crippen molar-refractivity contribution < 1.29 is 14.0 Å². The van der Waals surface area contributed by atoms with Crippen LogP contribution in [0.5, 0.6) is 11.5 Å². The first-order chi connectivity index (χ1) is 13.7. The highest BCUT2D eigenvalue weighted by Gasteiger charge is 2.12. The second-order valence-corrected chi connectivity index (χ2v) is 7.51. The van der Waals surface area contributed by atoms with E-state index >= 15 is 0 Å². The lowest BCUT2D eigenvalue weighted by atomic mass is 10.2. The van der Waals surface area contributed by atoms with E-state index in [0.717, 1.165) is 48.2 Å². The normalized spacial score (nSPS) is 15.4. The number of nitrogens with one attached hydrogen (secondary N) is 1. The molecule has 1 saturated heterocycles. The first kappa shape index (κ1) is 20.7. The lowest BCUT2D eigenvalue weighted by Crippen LogP contribution is -2.32. The summed E-state index contributed by atoms with van der Waals surface area (Å²) in [6, 6.07) is 6.11. The first-order valence-electron chi connectivity index (χ1n) is 10.3. The molecule has 0 spiro atoms. The Balaban J connectivity index is 1.48. The van der Waals surface area contributed by atoms with Gasteiger partial charge in [0.25, 0.3) is 0 Å². The zero-order valence-corrected chi connectivity index (χ0v) is 17.4. The minimum atomic E-state index is 0.422. The highest BCUT2D eigenvalue weighted by molar-refractivity contribution is 5.43. The molecule has 0 saturated carbocycles. The molecule has 1 N–H and O–H groups in total. The molecule has 6 heteroatoms. The van der Waals surface area contributed by atoms with Crippen molar-refractivity contribution in [2.24, 2.45) is 0 Å². The number of aromatic nitrogens is 1. The third-order valence-electron chi connectivity index (χ3n) is 5.41. The van der Waals surface area contributed by atoms with Gasteiger partial charge in [-0.3, -0.25) is 0 Å². The number of likely N-dealkylation sites (tertiary alicyclic amines) is 1. The molecule has 0 amide bonds. The molecule has 0 radical (unpaired) electrons. The van der Waals surface area contributed by atoms with Crippen LogP contribution in [0, 0.1) is 13.8 Å². The van der Waals surface area contributed by atoms with E-state index in [1.807, 2.05) is 26.0 Å². The Bertz CT molecular complexity index is 717. The average molecular weight is 388 g/mol. The van der Waals surface area contributed by atoms with Crippen molar-refractivity contribution in [2.45, 2.75) is 52.7 Å². The molecule has 2 heterocycles. The molecule has 6 nitrogen and oxygen atoms in total. The Hall–Kier alpha value is -2.05. The van der Waals surface area contributed by atoms with Crippen LogP contribution in [0.15, 0.2) is 22.7 Å². The van der Waals surface area contributed by atoms with Gasteiger partial charge >= 0.3 is 0 Å². The fourth-order valence-electron chi connectivity index (χ4n) is 3.63. The van der Waals surface area contributed by atoms with Crippen molar-refractivity contribution in [1.29, 1.82) is 0 Å². The fraction of sp³-hybridized carbons (Fsp3) is 0.591. The Kier molecular flexibility index (Phi) is 7.74. The Morgan fingerprint density at radius 3 is 2.57 bits per heavy atom. The predicted octanol–water partition coefficient (Wildman–Crippen LogP) is 3.84. The van der Waals surface area contributed by atoms with Crippen LogP contribution in [0.3, 0.4) is 0 Å². The zero-order valence-electron chi connectivity index (χ0n) is 17.4. The second kappa shape index (κ2) is 10.5. The summed E-state index contributed by atoms with van der Waals surface area (Å²) in [5.41, 5.74) is 3.04. The summed E-state index contributed by atoms with van der Waals surface area (Å²) in [5, 5.41) is 7.52. The van der Waals surface area contributed by atoms with Crippen molar-refractivity contribution in [2.75, 3.05) is 33.3 Å². The third-order valence-corrected chi connectivity index (χ3v) is 5.41. The standard InChI is InChI=1S/C22H33N3O3/c1-17-20(18(2)28-24-17)16-27-21-9-8-19(14-22(21)26-3)15-23-10-13-25-11-6-4-5-7-12-25/h8-9,14,23H,4-7,10-13,15-16H2,1-3H3. The molecule has 1 aromatic heterocycles. The van der Waals surface area contributed by atoms with E-state index in [1.54, 1.807) is 7.11 Å². The minimum absolute atomic E-state index is 0.422. The molecule has 0 bridgehead atoms. The van der Waals surface area contributed by atoms with Gasteiger partial charge in [0.15, 0.2) is 11.5 Å². The van der Waals surface area contributed by atoms with Gasteiger partial charge in [0, 0.05) is 19.6 Å². The lowest BCUT2D eigenvalue weighted by Gasteiger charge is -2.20. The van der Waals surface area contributed by atoms with Gasteiger partial charge in [-0.2, -0.15) is 0 Å². The predicted molar refractivity (Wildman–Crippen MR) is 110 cm³/mol. The van der Waals surface area contributed by atoms with Gasteiger partial charge in [-0.05, 0) is 57.5 Å². The van der Waals surface area contributed by atoms with Gasteiger partial charge < -0.3 is 24.2 Å². The third kappa shape index (κ3) is 5.72. The van der Waals surface area contributed by atoms with Crippen LogP contribution in [0.4, 0.5) is 0 Å². The van der Waals surface area contributed by atoms with Crippen molar-refractivity contribution >= 4 is 0 Å². The summed E-state index contributed by atoms with van der Waals surface area (Å²) in [6.07, 6.45) is 5.45. The van der Waals surface area contributed by atoms with Crippen LogP contribution < -0.4 is 14.8 Å². The average Bonchev–Trinajstić information content (AvgIpc) is 2.90. The maximum absolute atomic E-state index is 5.95. The van der Waals surface area contributed by atoms with Crippen molar-refractivity contribution in [3.05, 3.63) is 40.8 Å². The topological polar surface area (TPSA) is 59.8 Å². The van der Waals surface area contributed by atoms with Crippen LogP contribution in [0.1, 0.15) is 48.3 Å². The molecule has 0 atom stereocenters. The quantitative estimate of drug-likeness (QED) is 0.660. The number of nitrogens with zero attached hydrogens (tertiary/aromatic N) is 2. The van der Waals surface area contributed by atoms with E-state index in [4.69, 9.17) is 14.0 Å². The van der Waals surface area contributed by atoms with Crippen LogP contribution >= 0.6 is 0 Å². The first-order valence-corrected chi connectivity index (χ1v) is 10.3. The minimum Gasteiger partial charge on any atom is -0.493 e. The largest absolute Gasteiger partial charge is 0.493 e. The summed E-state index contributed by atoms with van der Waals surface area (Å²) in [5.74, 6) is 2.27. The van der Waals surface area contributed by atoms with Gasteiger partial charge in [-0.25, -0.2) is 0 Å². The fourth-order valence-corrected chi connectivity index (χ4v) is 3.63. The number of hydrogen-bond acceptors (Lipinski definition) is 6. The molecule has 0 unspecified atom stereocenters. The molecule has 0 aliphatic carbocycles. The molecular weight excluding hydrogens is 354 g/mol. The molecule has 28 heavy (non-hydrogen) atoms. The van der Waals surface area contributed by atoms with Crippen molar-refractivity contribution in [3.8, 4) is 11.5 Å². The number of ether oxygens (including phenoxy) is 2. The summed E-state index contributed by atoms with van der Waals surface area (Å²) < 4.78 is 16.7. The van der Waals surface area contributed by atoms with E-state index in [1.165, 1.54) is 44.3 Å². The number of hydrogen-bond donors (Lipinski definition) is 1. The molecule has 1 aliphatic rings. The molecule has 154 valence electrons. The maximum Gasteiger partial charge on any atom is 0.161 e. The van der Waals surface area contributed by atoms with E-state index in [9.17, 15) is 0 Å². The monoisotopic (exact) mass is 387 g/mol. The lowest BCUT2D eigenvalue weighted by molar-refractivity contribution is 0.280. The van der Waals surface area contributed by atoms with Crippen LogP contribution in [-0.2, 0) is 13.2 Å². The Morgan fingerprint density at radius 2 is 1.89 bits per heavy atom. The Morgan fingerprint density at radius 1 is 1.11 bits per heavy atom. The molecule has 3 rings (SSSR count). The van der Waals surface area contributed by atoms with Crippen LogP contribution in [0.25, 0.3) is 0 Å². The molecule has 1 aromatic carbocycles. The van der Waals surface area contributed by atoms with Crippen molar-refractivity contribution in [3.63, 3.8) is 0 Å². The zero-order chi connectivity index (χ0) is 19.8. The van der Waals surface area contributed by atoms with Gasteiger partial charge in [0.2, 0.25) is 0 Å². The molecular formula is C22H33N3O3. The highest BCUT2D eigenvalue weighted by atomic mass is 16.5. The number of benzene rings is 1. The molecule has 2 aromatic rings. The van der Waals surface area contributed by atoms with E-state index in [0.29, 0.717) is 6.61 Å². The maximum atomic E-state index is 5.95. The summed E-state index contributed by atoms with van der Waals surface area (Å²) in [7, 11) is 1.68. The molecule has 1 fully saturated rings. The summed E-state index contributed by atoms with van der Waals surface area (Å²) in [4.78, 5) is 2.58.